The Morgan fingerprint density at radius 3 is 2.40 bits per heavy atom. The number of ether oxygens (including phenoxy) is 1. The Labute approximate surface area is 213 Å². The van der Waals surface area contributed by atoms with Crippen LogP contribution in [0.25, 0.3) is 11.1 Å². The van der Waals surface area contributed by atoms with Crippen molar-refractivity contribution in [3.05, 3.63) is 72.3 Å². The number of carbonyl (C=O) groups is 1. The van der Waals surface area contributed by atoms with Gasteiger partial charge in [0.05, 0.1) is 18.8 Å². The second kappa shape index (κ2) is 13.3. The number of carboxylic acid groups (broad SMARTS) is 1. The van der Waals surface area contributed by atoms with E-state index < -0.39 is 5.97 Å². The lowest BCUT2D eigenvalue weighted by Gasteiger charge is -2.37. The molecule has 0 aromatic heterocycles. The third kappa shape index (κ3) is 7.43. The Balaban J connectivity index is 1.37. The maximum absolute atomic E-state index is 11.0. The molecule has 1 saturated carbocycles. The van der Waals surface area contributed by atoms with E-state index in [-0.39, 0.29) is 30.6 Å². The molecule has 35 heavy (non-hydrogen) atoms. The van der Waals surface area contributed by atoms with Gasteiger partial charge in [-0.25, -0.2) is 0 Å². The number of carboxylic acids is 1. The molecule has 2 N–H and O–H groups in total. The lowest BCUT2D eigenvalue weighted by Crippen LogP contribution is -2.48. The van der Waals surface area contributed by atoms with E-state index in [9.17, 15) is 9.90 Å². The number of aliphatic hydroxyl groups excluding tert-OH is 1. The lowest BCUT2D eigenvalue weighted by atomic mass is 9.93. The van der Waals surface area contributed by atoms with Crippen LogP contribution >= 0.6 is 11.8 Å². The first-order valence-electron chi connectivity index (χ1n) is 12.7. The molecule has 4 atom stereocenters. The summed E-state index contributed by atoms with van der Waals surface area (Å²) in [5, 5.41) is 19.9. The number of aliphatic hydroxyl groups is 1. The summed E-state index contributed by atoms with van der Waals surface area (Å²) in [4.78, 5) is 13.2. The van der Waals surface area contributed by atoms with Crippen molar-refractivity contribution >= 4 is 17.7 Å². The number of hydrogen-bond acceptors (Lipinski definition) is 5. The quantitative estimate of drug-likeness (QED) is 0.416. The number of aliphatic carboxylic acids is 1. The van der Waals surface area contributed by atoms with Gasteiger partial charge in [-0.05, 0) is 36.0 Å². The van der Waals surface area contributed by atoms with Crippen LogP contribution in [0.4, 0.5) is 0 Å². The van der Waals surface area contributed by atoms with Gasteiger partial charge in [-0.15, -0.1) is 0 Å². The largest absolute Gasteiger partial charge is 0.481 e. The normalized spacial score (nSPS) is 25.3. The SMILES string of the molecule is O=C(O)CC/C=C\CC[C@@H]1[C@@H](N2CCSCC2)[C@H](O)C[C@@H]1OCc1ccc(-c2ccccc2)cc1. The smallest absolute Gasteiger partial charge is 0.303 e. The fraction of sp³-hybridized carbons (Fsp3) is 0.483. The second-order valence-electron chi connectivity index (χ2n) is 9.50. The summed E-state index contributed by atoms with van der Waals surface area (Å²) < 4.78 is 6.45. The molecule has 5 nitrogen and oxygen atoms in total. The minimum absolute atomic E-state index is 0.0193. The first kappa shape index (κ1) is 26.0. The zero-order valence-corrected chi connectivity index (χ0v) is 21.1. The van der Waals surface area contributed by atoms with E-state index in [1.165, 1.54) is 11.1 Å². The van der Waals surface area contributed by atoms with Crippen LogP contribution in [0, 0.1) is 5.92 Å². The zero-order chi connectivity index (χ0) is 24.5. The third-order valence-electron chi connectivity index (χ3n) is 7.13. The summed E-state index contributed by atoms with van der Waals surface area (Å²) in [6, 6.07) is 19.1. The fourth-order valence-electron chi connectivity index (χ4n) is 5.35. The van der Waals surface area contributed by atoms with Crippen LogP contribution in [0.15, 0.2) is 66.7 Å². The molecule has 188 valence electrons. The maximum Gasteiger partial charge on any atom is 0.303 e. The van der Waals surface area contributed by atoms with Crippen LogP contribution in [0.2, 0.25) is 0 Å². The van der Waals surface area contributed by atoms with Crippen molar-refractivity contribution < 1.29 is 19.7 Å². The van der Waals surface area contributed by atoms with Gasteiger partial charge >= 0.3 is 5.97 Å². The minimum atomic E-state index is -0.762. The topological polar surface area (TPSA) is 70.0 Å². The molecule has 0 bridgehead atoms. The van der Waals surface area contributed by atoms with Gasteiger partial charge in [-0.1, -0.05) is 66.7 Å². The van der Waals surface area contributed by atoms with Crippen molar-refractivity contribution in [3.63, 3.8) is 0 Å². The van der Waals surface area contributed by atoms with Gasteiger partial charge in [0.25, 0.3) is 0 Å². The second-order valence-corrected chi connectivity index (χ2v) is 10.7. The van der Waals surface area contributed by atoms with E-state index in [0.29, 0.717) is 19.4 Å². The first-order chi connectivity index (χ1) is 17.1. The highest BCUT2D eigenvalue weighted by molar-refractivity contribution is 7.99. The highest BCUT2D eigenvalue weighted by Crippen LogP contribution is 2.37. The number of allylic oxidation sites excluding steroid dienone is 2. The molecule has 2 aliphatic rings. The molecule has 1 aliphatic carbocycles. The van der Waals surface area contributed by atoms with Gasteiger partial charge in [0.2, 0.25) is 0 Å². The Kier molecular flexibility index (Phi) is 9.83. The van der Waals surface area contributed by atoms with Crippen LogP contribution in [-0.4, -0.2) is 63.9 Å². The minimum Gasteiger partial charge on any atom is -0.481 e. The van der Waals surface area contributed by atoms with E-state index in [1.54, 1.807) is 0 Å². The van der Waals surface area contributed by atoms with Crippen LogP contribution in [0.5, 0.6) is 0 Å². The van der Waals surface area contributed by atoms with Crippen molar-refractivity contribution in [3.8, 4) is 11.1 Å². The van der Waals surface area contributed by atoms with Gasteiger partial charge in [0.15, 0.2) is 0 Å². The van der Waals surface area contributed by atoms with Gasteiger partial charge in [-0.2, -0.15) is 11.8 Å². The summed E-state index contributed by atoms with van der Waals surface area (Å²) in [6.07, 6.45) is 6.93. The predicted molar refractivity (Wildman–Crippen MR) is 142 cm³/mol. The summed E-state index contributed by atoms with van der Waals surface area (Å²) >= 11 is 1.98. The molecule has 1 heterocycles. The summed E-state index contributed by atoms with van der Waals surface area (Å²) in [5.41, 5.74) is 3.54. The van der Waals surface area contributed by atoms with E-state index in [4.69, 9.17) is 9.84 Å². The molecule has 0 unspecified atom stereocenters. The molecule has 4 rings (SSSR count). The number of rotatable bonds is 11. The van der Waals surface area contributed by atoms with Crippen molar-refractivity contribution in [2.45, 2.75) is 57.0 Å². The highest BCUT2D eigenvalue weighted by atomic mass is 32.2. The number of nitrogens with zero attached hydrogens (tertiary/aromatic N) is 1. The van der Waals surface area contributed by atoms with Gasteiger partial charge in [0, 0.05) is 49.4 Å². The number of benzene rings is 2. The van der Waals surface area contributed by atoms with E-state index in [2.05, 4.69) is 59.5 Å². The average molecular weight is 496 g/mol. The fourth-order valence-corrected chi connectivity index (χ4v) is 6.29. The Morgan fingerprint density at radius 1 is 1.00 bits per heavy atom. The standard InChI is InChI=1S/C29H37NO4S/c31-26-20-27(34-21-22-12-14-24(15-13-22)23-8-4-3-5-9-23)25(10-6-1-2-7-11-28(32)33)29(26)30-16-18-35-19-17-30/h1-5,8-9,12-15,25-27,29,31H,6-7,10-11,16-21H2,(H,32,33)/b2-1-/t25-,26+,27-,29+/m0/s1. The Hall–Kier alpha value is -2.12. The molecule has 1 aliphatic heterocycles. The van der Waals surface area contributed by atoms with Crippen molar-refractivity contribution in [1.29, 1.82) is 0 Å². The van der Waals surface area contributed by atoms with Crippen molar-refractivity contribution in [2.75, 3.05) is 24.6 Å². The first-order valence-corrected chi connectivity index (χ1v) is 13.9. The Bertz CT molecular complexity index is 943. The molecule has 6 heteroatoms. The number of hydrogen-bond donors (Lipinski definition) is 2. The van der Waals surface area contributed by atoms with E-state index >= 15 is 0 Å². The summed E-state index contributed by atoms with van der Waals surface area (Å²) in [7, 11) is 0. The molecular formula is C29H37NO4S. The van der Waals surface area contributed by atoms with E-state index in [1.807, 2.05) is 23.9 Å². The van der Waals surface area contributed by atoms with E-state index in [0.717, 1.165) is 43.0 Å². The summed E-state index contributed by atoms with van der Waals surface area (Å²) in [5.74, 6) is 1.73. The predicted octanol–water partition coefficient (Wildman–Crippen LogP) is 5.24. The molecular weight excluding hydrogens is 458 g/mol. The average Bonchev–Trinajstić information content (AvgIpc) is 3.20. The molecule has 0 radical (unpaired) electrons. The molecule has 2 fully saturated rings. The van der Waals surface area contributed by atoms with Crippen LogP contribution < -0.4 is 0 Å². The zero-order valence-electron chi connectivity index (χ0n) is 20.3. The monoisotopic (exact) mass is 495 g/mol. The van der Waals surface area contributed by atoms with Gasteiger partial charge in [-0.3, -0.25) is 9.69 Å². The molecule has 2 aromatic rings. The van der Waals surface area contributed by atoms with Crippen molar-refractivity contribution in [2.24, 2.45) is 5.92 Å². The molecule has 1 saturated heterocycles. The Morgan fingerprint density at radius 2 is 1.69 bits per heavy atom. The van der Waals surface area contributed by atoms with Crippen LogP contribution in [-0.2, 0) is 16.1 Å². The lowest BCUT2D eigenvalue weighted by molar-refractivity contribution is -0.136. The highest BCUT2D eigenvalue weighted by Gasteiger charge is 2.45. The van der Waals surface area contributed by atoms with Gasteiger partial charge in [0.1, 0.15) is 0 Å². The third-order valence-corrected chi connectivity index (χ3v) is 8.08. The van der Waals surface area contributed by atoms with Gasteiger partial charge < -0.3 is 14.9 Å². The van der Waals surface area contributed by atoms with Crippen LogP contribution in [0.3, 0.4) is 0 Å². The molecule has 2 aromatic carbocycles. The number of thioether (sulfide) groups is 1. The van der Waals surface area contributed by atoms with Crippen LogP contribution in [0.1, 0.15) is 37.7 Å². The summed E-state index contributed by atoms with van der Waals surface area (Å²) in [6.45, 7) is 2.58. The van der Waals surface area contributed by atoms with Crippen molar-refractivity contribution in [1.82, 2.24) is 4.90 Å². The molecule has 0 spiro atoms. The maximum atomic E-state index is 11.0. The molecule has 0 amide bonds.